The van der Waals surface area contributed by atoms with Gasteiger partial charge in [-0.25, -0.2) is 0 Å². The average molecular weight is 300 g/mol. The minimum absolute atomic E-state index is 0.0830. The lowest BCUT2D eigenvalue weighted by Gasteiger charge is -2.22. The van der Waals surface area contributed by atoms with Crippen molar-refractivity contribution in [1.29, 1.82) is 0 Å². The molecular weight excluding hydrogens is 264 g/mol. The predicted octanol–water partition coefficient (Wildman–Crippen LogP) is 4.67. The summed E-state index contributed by atoms with van der Waals surface area (Å²) >= 11 is 0. The molecular formula is C18H36O3. The van der Waals surface area contributed by atoms with E-state index in [2.05, 4.69) is 6.92 Å². The van der Waals surface area contributed by atoms with Crippen molar-refractivity contribution in [2.45, 2.75) is 90.3 Å². The van der Waals surface area contributed by atoms with E-state index in [1.165, 1.54) is 64.2 Å². The summed E-state index contributed by atoms with van der Waals surface area (Å²) in [4.78, 5) is 0. The van der Waals surface area contributed by atoms with Crippen molar-refractivity contribution >= 4 is 0 Å². The highest BCUT2D eigenvalue weighted by molar-refractivity contribution is 4.55. The van der Waals surface area contributed by atoms with E-state index in [1.54, 1.807) is 0 Å². The Hall–Kier alpha value is -0.120. The number of ether oxygens (including phenoxy) is 2. The van der Waals surface area contributed by atoms with Gasteiger partial charge in [-0.1, -0.05) is 51.9 Å². The zero-order valence-electron chi connectivity index (χ0n) is 14.0. The number of unbranched alkanes of at least 4 members (excludes halogenated alkanes) is 6. The van der Waals surface area contributed by atoms with E-state index in [9.17, 15) is 0 Å². The molecule has 1 rings (SSSR count). The van der Waals surface area contributed by atoms with Crippen LogP contribution >= 0.6 is 0 Å². The van der Waals surface area contributed by atoms with Crippen molar-refractivity contribution in [2.75, 3.05) is 19.8 Å². The first-order valence-corrected chi connectivity index (χ1v) is 9.17. The van der Waals surface area contributed by atoms with Gasteiger partial charge in [0.05, 0.1) is 0 Å². The van der Waals surface area contributed by atoms with Crippen molar-refractivity contribution in [3.63, 3.8) is 0 Å². The van der Waals surface area contributed by atoms with Crippen LogP contribution in [-0.4, -0.2) is 31.2 Å². The molecule has 1 unspecified atom stereocenters. The third-order valence-electron chi connectivity index (χ3n) is 4.40. The Bertz CT molecular complexity index is 215. The van der Waals surface area contributed by atoms with E-state index < -0.39 is 0 Å². The highest BCUT2D eigenvalue weighted by atomic mass is 16.7. The van der Waals surface area contributed by atoms with Gasteiger partial charge in [0.2, 0.25) is 0 Å². The van der Waals surface area contributed by atoms with Crippen LogP contribution in [0.4, 0.5) is 0 Å². The van der Waals surface area contributed by atoms with Crippen molar-refractivity contribution < 1.29 is 14.6 Å². The maximum absolute atomic E-state index is 8.85. The fourth-order valence-corrected chi connectivity index (χ4v) is 2.90. The van der Waals surface area contributed by atoms with E-state index in [0.29, 0.717) is 12.5 Å². The first kappa shape index (κ1) is 18.9. The van der Waals surface area contributed by atoms with Crippen LogP contribution in [0.1, 0.15) is 84.0 Å². The molecule has 21 heavy (non-hydrogen) atoms. The van der Waals surface area contributed by atoms with E-state index in [-0.39, 0.29) is 6.29 Å². The third-order valence-corrected chi connectivity index (χ3v) is 4.40. The smallest absolute Gasteiger partial charge is 0.157 e. The van der Waals surface area contributed by atoms with Crippen LogP contribution in [0.2, 0.25) is 0 Å². The Balaban J connectivity index is 1.74. The Kier molecular flexibility index (Phi) is 12.2. The van der Waals surface area contributed by atoms with E-state index >= 15 is 0 Å². The molecule has 1 saturated heterocycles. The summed E-state index contributed by atoms with van der Waals surface area (Å²) in [6, 6.07) is 0. The van der Waals surface area contributed by atoms with Crippen LogP contribution in [0.3, 0.4) is 0 Å². The quantitative estimate of drug-likeness (QED) is 0.502. The maximum atomic E-state index is 8.85. The van der Waals surface area contributed by atoms with Crippen LogP contribution in [0.15, 0.2) is 0 Å². The molecule has 0 aliphatic carbocycles. The Morgan fingerprint density at radius 2 is 1.71 bits per heavy atom. The minimum atomic E-state index is 0.0830. The maximum Gasteiger partial charge on any atom is 0.157 e. The molecule has 0 saturated carbocycles. The van der Waals surface area contributed by atoms with Gasteiger partial charge in [0, 0.05) is 19.8 Å². The fourth-order valence-electron chi connectivity index (χ4n) is 2.90. The molecule has 0 aromatic rings. The summed E-state index contributed by atoms with van der Waals surface area (Å²) in [5, 5.41) is 8.85. The average Bonchev–Trinajstić information content (AvgIpc) is 2.50. The van der Waals surface area contributed by atoms with Crippen molar-refractivity contribution in [1.82, 2.24) is 0 Å². The van der Waals surface area contributed by atoms with Gasteiger partial charge in [0.15, 0.2) is 6.29 Å². The second kappa shape index (κ2) is 13.5. The molecule has 0 bridgehead atoms. The van der Waals surface area contributed by atoms with Crippen LogP contribution in [0.5, 0.6) is 0 Å². The molecule has 1 fully saturated rings. The summed E-state index contributed by atoms with van der Waals surface area (Å²) < 4.78 is 11.3. The van der Waals surface area contributed by atoms with Gasteiger partial charge in [-0.3, -0.25) is 0 Å². The van der Waals surface area contributed by atoms with Crippen molar-refractivity contribution in [3.8, 4) is 0 Å². The van der Waals surface area contributed by atoms with Gasteiger partial charge in [-0.05, 0) is 38.0 Å². The zero-order valence-corrected chi connectivity index (χ0v) is 14.0. The fraction of sp³-hybridized carbons (Fsp3) is 1.00. The molecule has 126 valence electrons. The molecule has 1 aliphatic rings. The molecule has 1 heterocycles. The molecule has 3 heteroatoms. The number of aliphatic hydroxyl groups excluding tert-OH is 1. The van der Waals surface area contributed by atoms with Gasteiger partial charge in [-0.15, -0.1) is 0 Å². The molecule has 1 aliphatic heterocycles. The highest BCUT2D eigenvalue weighted by Gasteiger charge is 2.13. The van der Waals surface area contributed by atoms with Crippen molar-refractivity contribution in [2.24, 2.45) is 5.92 Å². The first-order valence-electron chi connectivity index (χ1n) is 9.17. The minimum Gasteiger partial charge on any atom is -0.396 e. The van der Waals surface area contributed by atoms with Crippen LogP contribution < -0.4 is 0 Å². The second-order valence-electron chi connectivity index (χ2n) is 6.55. The second-order valence-corrected chi connectivity index (χ2v) is 6.55. The molecule has 0 amide bonds. The number of rotatable bonds is 13. The monoisotopic (exact) mass is 300 g/mol. The highest BCUT2D eigenvalue weighted by Crippen LogP contribution is 2.16. The van der Waals surface area contributed by atoms with Crippen LogP contribution in [0.25, 0.3) is 0 Å². The van der Waals surface area contributed by atoms with E-state index in [1.807, 2.05) is 0 Å². The van der Waals surface area contributed by atoms with E-state index in [0.717, 1.165) is 26.1 Å². The number of hydrogen-bond acceptors (Lipinski definition) is 3. The number of hydrogen-bond donors (Lipinski definition) is 1. The van der Waals surface area contributed by atoms with Crippen molar-refractivity contribution in [3.05, 3.63) is 0 Å². The van der Waals surface area contributed by atoms with E-state index in [4.69, 9.17) is 14.6 Å². The standard InChI is InChI=1S/C18H36O3/c1-17(13-14-19)11-7-5-3-2-4-6-9-15-20-18-12-8-10-16-21-18/h17-19H,2-16H2,1H3/t17-,18?/m0/s1. The Morgan fingerprint density at radius 1 is 1.00 bits per heavy atom. The lowest BCUT2D eigenvalue weighted by atomic mass is 9.99. The zero-order chi connectivity index (χ0) is 15.2. The van der Waals surface area contributed by atoms with Gasteiger partial charge in [0.1, 0.15) is 0 Å². The third kappa shape index (κ3) is 11.1. The molecule has 0 radical (unpaired) electrons. The van der Waals surface area contributed by atoms with Gasteiger partial charge >= 0.3 is 0 Å². The molecule has 3 nitrogen and oxygen atoms in total. The molecule has 2 atom stereocenters. The SMILES string of the molecule is C[C@H](CCO)CCCCCCCCCOC1CCCCO1. The summed E-state index contributed by atoms with van der Waals surface area (Å²) in [6.07, 6.45) is 15.0. The Morgan fingerprint density at radius 3 is 2.38 bits per heavy atom. The van der Waals surface area contributed by atoms with Gasteiger partial charge in [-0.2, -0.15) is 0 Å². The Labute approximate surface area is 131 Å². The molecule has 1 N–H and O–H groups in total. The summed E-state index contributed by atoms with van der Waals surface area (Å²) in [7, 11) is 0. The molecule has 0 aromatic carbocycles. The topological polar surface area (TPSA) is 38.7 Å². The summed E-state index contributed by atoms with van der Waals surface area (Å²) in [5.41, 5.74) is 0. The lowest BCUT2D eigenvalue weighted by Crippen LogP contribution is -2.22. The summed E-state index contributed by atoms with van der Waals surface area (Å²) in [6.45, 7) is 4.33. The molecule has 0 spiro atoms. The van der Waals surface area contributed by atoms with Crippen LogP contribution in [0, 0.1) is 5.92 Å². The molecule has 0 aromatic heterocycles. The summed E-state index contributed by atoms with van der Waals surface area (Å²) in [5.74, 6) is 0.689. The normalized spacial score (nSPS) is 20.6. The van der Waals surface area contributed by atoms with Gasteiger partial charge in [0.25, 0.3) is 0 Å². The largest absolute Gasteiger partial charge is 0.396 e. The first-order chi connectivity index (χ1) is 10.3. The lowest BCUT2D eigenvalue weighted by molar-refractivity contribution is -0.162. The van der Waals surface area contributed by atoms with Gasteiger partial charge < -0.3 is 14.6 Å². The predicted molar refractivity (Wildman–Crippen MR) is 87.3 cm³/mol. The van der Waals surface area contributed by atoms with Crippen LogP contribution in [-0.2, 0) is 9.47 Å². The number of aliphatic hydroxyl groups is 1.